The summed E-state index contributed by atoms with van der Waals surface area (Å²) in [6, 6.07) is 2.13. The zero-order chi connectivity index (χ0) is 20.4. The van der Waals surface area contributed by atoms with E-state index < -0.39 is 24.5 Å². The third-order valence-corrected chi connectivity index (χ3v) is 3.45. The van der Waals surface area contributed by atoms with E-state index in [1.54, 1.807) is 0 Å². The van der Waals surface area contributed by atoms with Gasteiger partial charge in [0, 0.05) is 6.54 Å². The fourth-order valence-electron chi connectivity index (χ4n) is 1.90. The number of nitrogens with one attached hydrogen (secondary N) is 2. The molecule has 0 saturated carbocycles. The second kappa shape index (κ2) is 11.3. The highest BCUT2D eigenvalue weighted by Crippen LogP contribution is 2.36. The van der Waals surface area contributed by atoms with Gasteiger partial charge in [-0.3, -0.25) is 10.1 Å². The topological polar surface area (TPSA) is 103 Å². The van der Waals surface area contributed by atoms with Gasteiger partial charge in [-0.1, -0.05) is 32.4 Å². The first kappa shape index (κ1) is 22.6. The van der Waals surface area contributed by atoms with Crippen molar-refractivity contribution in [1.29, 1.82) is 0 Å². The van der Waals surface area contributed by atoms with Gasteiger partial charge in [-0.15, -0.1) is 0 Å². The quantitative estimate of drug-likeness (QED) is 0.618. The summed E-state index contributed by atoms with van der Waals surface area (Å²) in [5.74, 6) is -0.675. The molecule has 0 aromatic heterocycles. The molecule has 0 aliphatic heterocycles. The SMILES string of the molecule is CCCOc1c(Cl)cc(C(=O)OCC(=O)NC(=O)NCC(C)C)cc1OC. The van der Waals surface area contributed by atoms with Crippen LogP contribution in [0.1, 0.15) is 37.6 Å². The van der Waals surface area contributed by atoms with Crippen LogP contribution in [0.2, 0.25) is 5.02 Å². The highest BCUT2D eigenvalue weighted by atomic mass is 35.5. The van der Waals surface area contributed by atoms with Crippen molar-refractivity contribution in [3.63, 3.8) is 0 Å². The molecule has 2 N–H and O–H groups in total. The molecular formula is C18H25ClN2O6. The number of methoxy groups -OCH3 is 1. The first-order chi connectivity index (χ1) is 12.8. The normalized spacial score (nSPS) is 10.3. The summed E-state index contributed by atoms with van der Waals surface area (Å²) >= 11 is 6.14. The number of esters is 1. The molecule has 9 heteroatoms. The van der Waals surface area contributed by atoms with Crippen LogP contribution in [-0.2, 0) is 9.53 Å². The van der Waals surface area contributed by atoms with Crippen LogP contribution in [0.4, 0.5) is 4.79 Å². The highest BCUT2D eigenvalue weighted by Gasteiger charge is 2.18. The van der Waals surface area contributed by atoms with Crippen molar-refractivity contribution < 1.29 is 28.6 Å². The fraction of sp³-hybridized carbons (Fsp3) is 0.500. The van der Waals surface area contributed by atoms with E-state index in [0.29, 0.717) is 18.9 Å². The van der Waals surface area contributed by atoms with Crippen LogP contribution in [0.25, 0.3) is 0 Å². The molecule has 1 aromatic carbocycles. The summed E-state index contributed by atoms with van der Waals surface area (Å²) in [5, 5.41) is 4.78. The van der Waals surface area contributed by atoms with Crippen molar-refractivity contribution in [2.75, 3.05) is 26.9 Å². The van der Waals surface area contributed by atoms with Crippen LogP contribution >= 0.6 is 11.6 Å². The smallest absolute Gasteiger partial charge is 0.338 e. The predicted molar refractivity (Wildman–Crippen MR) is 100 cm³/mol. The van der Waals surface area contributed by atoms with Gasteiger partial charge in [0.25, 0.3) is 5.91 Å². The second-order valence-electron chi connectivity index (χ2n) is 6.07. The molecule has 0 fully saturated rings. The molecule has 1 aromatic rings. The van der Waals surface area contributed by atoms with Gasteiger partial charge in [0.15, 0.2) is 18.1 Å². The monoisotopic (exact) mass is 400 g/mol. The number of carbonyl (C=O) groups is 3. The Morgan fingerprint density at radius 3 is 2.52 bits per heavy atom. The standard InChI is InChI=1S/C18H25ClN2O6/c1-5-6-26-16-13(19)7-12(8-14(16)25-4)17(23)27-10-15(22)21-18(24)20-9-11(2)3/h7-8,11H,5-6,9-10H2,1-4H3,(H2,20,21,22,24). The Balaban J connectivity index is 2.65. The molecule has 0 radical (unpaired) electrons. The number of benzene rings is 1. The lowest BCUT2D eigenvalue weighted by Gasteiger charge is -2.13. The minimum atomic E-state index is -0.782. The molecule has 0 atom stereocenters. The fourth-order valence-corrected chi connectivity index (χ4v) is 2.17. The molecular weight excluding hydrogens is 376 g/mol. The summed E-state index contributed by atoms with van der Waals surface area (Å²) in [4.78, 5) is 35.3. The van der Waals surface area contributed by atoms with Crippen LogP contribution in [-0.4, -0.2) is 44.8 Å². The Labute approximate surface area is 163 Å². The van der Waals surface area contributed by atoms with E-state index in [9.17, 15) is 14.4 Å². The predicted octanol–water partition coefficient (Wildman–Crippen LogP) is 2.78. The van der Waals surface area contributed by atoms with E-state index in [1.807, 2.05) is 20.8 Å². The van der Waals surface area contributed by atoms with E-state index in [-0.39, 0.29) is 22.3 Å². The minimum Gasteiger partial charge on any atom is -0.493 e. The molecule has 8 nitrogen and oxygen atoms in total. The van der Waals surface area contributed by atoms with Gasteiger partial charge >= 0.3 is 12.0 Å². The molecule has 3 amide bonds. The maximum absolute atomic E-state index is 12.1. The first-order valence-electron chi connectivity index (χ1n) is 8.53. The molecule has 0 heterocycles. The molecule has 150 valence electrons. The molecule has 1 rings (SSSR count). The number of amides is 3. The number of carbonyl (C=O) groups excluding carboxylic acids is 3. The Hall–Kier alpha value is -2.48. The van der Waals surface area contributed by atoms with Crippen LogP contribution in [0.3, 0.4) is 0 Å². The Bertz CT molecular complexity index is 678. The van der Waals surface area contributed by atoms with Crippen molar-refractivity contribution in [2.24, 2.45) is 5.92 Å². The van der Waals surface area contributed by atoms with Gasteiger partial charge in [0.05, 0.1) is 24.3 Å². The number of rotatable bonds is 9. The van der Waals surface area contributed by atoms with Crippen LogP contribution in [0.15, 0.2) is 12.1 Å². The lowest BCUT2D eigenvalue weighted by atomic mass is 10.2. The molecule has 0 aliphatic rings. The third kappa shape index (κ3) is 7.74. The zero-order valence-corrected chi connectivity index (χ0v) is 16.6. The molecule has 0 aliphatic carbocycles. The Morgan fingerprint density at radius 2 is 1.93 bits per heavy atom. The average molecular weight is 401 g/mol. The van der Waals surface area contributed by atoms with E-state index in [1.165, 1.54) is 19.2 Å². The van der Waals surface area contributed by atoms with Crippen molar-refractivity contribution >= 4 is 29.5 Å². The van der Waals surface area contributed by atoms with Crippen molar-refractivity contribution in [3.8, 4) is 11.5 Å². The third-order valence-electron chi connectivity index (χ3n) is 3.17. The lowest BCUT2D eigenvalue weighted by molar-refractivity contribution is -0.123. The van der Waals surface area contributed by atoms with Gasteiger partial charge in [0.1, 0.15) is 0 Å². The number of ether oxygens (including phenoxy) is 3. The summed E-state index contributed by atoms with van der Waals surface area (Å²) in [6.07, 6.45) is 0.781. The van der Waals surface area contributed by atoms with Gasteiger partial charge in [-0.05, 0) is 24.5 Å². The number of urea groups is 1. The molecule has 0 unspecified atom stereocenters. The van der Waals surface area contributed by atoms with Crippen molar-refractivity contribution in [2.45, 2.75) is 27.2 Å². The van der Waals surface area contributed by atoms with Gasteiger partial charge in [-0.25, -0.2) is 9.59 Å². The van der Waals surface area contributed by atoms with E-state index in [4.69, 9.17) is 25.8 Å². The minimum absolute atomic E-state index is 0.0951. The summed E-state index contributed by atoms with van der Waals surface area (Å²) in [5.41, 5.74) is 0.0951. The highest BCUT2D eigenvalue weighted by molar-refractivity contribution is 6.32. The maximum atomic E-state index is 12.1. The summed E-state index contributed by atoms with van der Waals surface area (Å²) in [6.45, 7) is 6.04. The lowest BCUT2D eigenvalue weighted by Crippen LogP contribution is -2.42. The number of halogens is 1. The second-order valence-corrected chi connectivity index (χ2v) is 6.47. The Kier molecular flexibility index (Phi) is 9.42. The maximum Gasteiger partial charge on any atom is 0.338 e. The van der Waals surface area contributed by atoms with Gasteiger partial charge in [-0.2, -0.15) is 0 Å². The zero-order valence-electron chi connectivity index (χ0n) is 15.9. The molecule has 0 saturated heterocycles. The summed E-state index contributed by atoms with van der Waals surface area (Å²) < 4.78 is 15.6. The largest absolute Gasteiger partial charge is 0.493 e. The number of imide groups is 1. The Morgan fingerprint density at radius 1 is 1.22 bits per heavy atom. The van der Waals surface area contributed by atoms with Crippen LogP contribution < -0.4 is 20.1 Å². The molecule has 0 spiro atoms. The van der Waals surface area contributed by atoms with Crippen LogP contribution in [0.5, 0.6) is 11.5 Å². The molecule has 27 heavy (non-hydrogen) atoms. The van der Waals surface area contributed by atoms with E-state index in [2.05, 4.69) is 10.6 Å². The van der Waals surface area contributed by atoms with Crippen molar-refractivity contribution in [3.05, 3.63) is 22.7 Å². The average Bonchev–Trinajstić information content (AvgIpc) is 2.62. The number of hydrogen-bond donors (Lipinski definition) is 2. The van der Waals surface area contributed by atoms with Gasteiger partial charge < -0.3 is 19.5 Å². The van der Waals surface area contributed by atoms with Crippen LogP contribution in [0, 0.1) is 5.92 Å². The van der Waals surface area contributed by atoms with E-state index in [0.717, 1.165) is 6.42 Å². The molecule has 0 bridgehead atoms. The number of hydrogen-bond acceptors (Lipinski definition) is 6. The van der Waals surface area contributed by atoms with E-state index >= 15 is 0 Å². The summed E-state index contributed by atoms with van der Waals surface area (Å²) in [7, 11) is 1.42. The van der Waals surface area contributed by atoms with Crippen molar-refractivity contribution in [1.82, 2.24) is 10.6 Å². The van der Waals surface area contributed by atoms with Gasteiger partial charge in [0.2, 0.25) is 0 Å². The first-order valence-corrected chi connectivity index (χ1v) is 8.91.